The molecule has 0 spiro atoms. The summed E-state index contributed by atoms with van der Waals surface area (Å²) in [4.78, 5) is 32.4. The number of carbonyl (C=O) groups is 2. The Labute approximate surface area is 157 Å². The SMILES string of the molecule is Cc1csc(NC(=O)N2CCN(CC(=O)NCc3ccccc3)CC2)n1. The number of thiazole rings is 1. The lowest BCUT2D eigenvalue weighted by molar-refractivity contribution is -0.122. The summed E-state index contributed by atoms with van der Waals surface area (Å²) in [7, 11) is 0. The van der Waals surface area contributed by atoms with Crippen LogP contribution in [0.4, 0.5) is 9.93 Å². The van der Waals surface area contributed by atoms with E-state index >= 15 is 0 Å². The second kappa shape index (κ2) is 8.77. The number of hydrogen-bond donors (Lipinski definition) is 2. The predicted octanol–water partition coefficient (Wildman–Crippen LogP) is 1.92. The number of hydrogen-bond acceptors (Lipinski definition) is 5. The fourth-order valence-corrected chi connectivity index (χ4v) is 3.42. The minimum Gasteiger partial charge on any atom is -0.351 e. The molecule has 1 aromatic carbocycles. The van der Waals surface area contributed by atoms with Crippen molar-refractivity contribution in [2.24, 2.45) is 0 Å². The Bertz CT molecular complexity index is 741. The zero-order chi connectivity index (χ0) is 18.4. The number of anilines is 1. The number of nitrogens with zero attached hydrogens (tertiary/aromatic N) is 3. The molecule has 1 aromatic heterocycles. The van der Waals surface area contributed by atoms with Crippen LogP contribution in [0.1, 0.15) is 11.3 Å². The molecule has 3 amide bonds. The Hall–Kier alpha value is -2.45. The second-order valence-corrected chi connectivity index (χ2v) is 7.11. The van der Waals surface area contributed by atoms with Gasteiger partial charge in [-0.05, 0) is 12.5 Å². The molecule has 3 rings (SSSR count). The molecule has 0 saturated carbocycles. The van der Waals surface area contributed by atoms with Crippen LogP contribution in [0, 0.1) is 6.92 Å². The molecule has 0 radical (unpaired) electrons. The number of aromatic nitrogens is 1. The largest absolute Gasteiger partial charge is 0.351 e. The summed E-state index contributed by atoms with van der Waals surface area (Å²) >= 11 is 1.42. The van der Waals surface area contributed by atoms with Crippen molar-refractivity contribution >= 4 is 28.4 Å². The maximum Gasteiger partial charge on any atom is 0.323 e. The van der Waals surface area contributed by atoms with Crippen LogP contribution in [0.15, 0.2) is 35.7 Å². The zero-order valence-corrected chi connectivity index (χ0v) is 15.6. The van der Waals surface area contributed by atoms with Crippen LogP contribution in [0.2, 0.25) is 0 Å². The fourth-order valence-electron chi connectivity index (χ4n) is 2.75. The fraction of sp³-hybridized carbons (Fsp3) is 0.389. The van der Waals surface area contributed by atoms with Gasteiger partial charge in [0.2, 0.25) is 5.91 Å². The molecule has 26 heavy (non-hydrogen) atoms. The normalized spacial score (nSPS) is 14.9. The topological polar surface area (TPSA) is 77.6 Å². The van der Waals surface area contributed by atoms with Crippen molar-refractivity contribution in [2.75, 3.05) is 38.0 Å². The minimum atomic E-state index is -0.132. The predicted molar refractivity (Wildman–Crippen MR) is 102 cm³/mol. The molecule has 0 unspecified atom stereocenters. The first kappa shape index (κ1) is 18.3. The number of aryl methyl sites for hydroxylation is 1. The molecule has 8 heteroatoms. The first-order valence-corrected chi connectivity index (χ1v) is 9.49. The maximum atomic E-state index is 12.2. The summed E-state index contributed by atoms with van der Waals surface area (Å²) in [5.74, 6) is 0.00464. The quantitative estimate of drug-likeness (QED) is 0.839. The molecule has 0 bridgehead atoms. The Balaban J connectivity index is 1.37. The van der Waals surface area contributed by atoms with Crippen LogP contribution in [0.3, 0.4) is 0 Å². The standard InChI is InChI=1S/C18H23N5O2S/c1-14-13-26-17(20-14)21-18(25)23-9-7-22(8-10-23)12-16(24)19-11-15-5-3-2-4-6-15/h2-6,13H,7-12H2,1H3,(H,19,24)(H,20,21,25). The van der Waals surface area contributed by atoms with E-state index < -0.39 is 0 Å². The van der Waals surface area contributed by atoms with Crippen LogP contribution >= 0.6 is 11.3 Å². The average molecular weight is 373 g/mol. The van der Waals surface area contributed by atoms with Crippen LogP contribution < -0.4 is 10.6 Å². The summed E-state index contributed by atoms with van der Waals surface area (Å²) in [6.07, 6.45) is 0. The monoisotopic (exact) mass is 373 g/mol. The van der Waals surface area contributed by atoms with E-state index in [-0.39, 0.29) is 11.9 Å². The van der Waals surface area contributed by atoms with E-state index in [0.717, 1.165) is 11.3 Å². The molecule has 1 saturated heterocycles. The molecule has 2 N–H and O–H groups in total. The highest BCUT2D eigenvalue weighted by Gasteiger charge is 2.22. The number of benzene rings is 1. The smallest absolute Gasteiger partial charge is 0.323 e. The number of rotatable bonds is 5. The third-order valence-corrected chi connectivity index (χ3v) is 5.07. The van der Waals surface area contributed by atoms with Gasteiger partial charge in [0, 0.05) is 38.1 Å². The van der Waals surface area contributed by atoms with Gasteiger partial charge in [-0.2, -0.15) is 0 Å². The molecule has 1 fully saturated rings. The van der Waals surface area contributed by atoms with Crippen LogP contribution in [0.5, 0.6) is 0 Å². The highest BCUT2D eigenvalue weighted by atomic mass is 32.1. The summed E-state index contributed by atoms with van der Waals surface area (Å²) in [5.41, 5.74) is 1.98. The van der Waals surface area contributed by atoms with Gasteiger partial charge in [-0.1, -0.05) is 30.3 Å². The molecule has 0 aliphatic carbocycles. The molecular weight excluding hydrogens is 350 g/mol. The van der Waals surface area contributed by atoms with Crippen LogP contribution in [-0.2, 0) is 11.3 Å². The average Bonchev–Trinajstić information content (AvgIpc) is 3.06. The van der Waals surface area contributed by atoms with Gasteiger partial charge in [-0.3, -0.25) is 15.0 Å². The second-order valence-electron chi connectivity index (χ2n) is 6.25. The van der Waals surface area contributed by atoms with Gasteiger partial charge < -0.3 is 10.2 Å². The molecule has 2 heterocycles. The highest BCUT2D eigenvalue weighted by molar-refractivity contribution is 7.13. The lowest BCUT2D eigenvalue weighted by Crippen LogP contribution is -2.52. The van der Waals surface area contributed by atoms with Crippen molar-refractivity contribution in [3.8, 4) is 0 Å². The van der Waals surface area contributed by atoms with Gasteiger partial charge in [-0.25, -0.2) is 9.78 Å². The first-order chi connectivity index (χ1) is 12.6. The lowest BCUT2D eigenvalue weighted by Gasteiger charge is -2.34. The van der Waals surface area contributed by atoms with E-state index in [0.29, 0.717) is 44.4 Å². The number of amides is 3. The Morgan fingerprint density at radius 1 is 1.15 bits per heavy atom. The van der Waals surface area contributed by atoms with E-state index in [2.05, 4.69) is 20.5 Å². The third kappa shape index (κ3) is 5.27. The van der Waals surface area contributed by atoms with Gasteiger partial charge >= 0.3 is 6.03 Å². The van der Waals surface area contributed by atoms with Crippen molar-refractivity contribution < 1.29 is 9.59 Å². The van der Waals surface area contributed by atoms with Gasteiger partial charge in [0.1, 0.15) is 0 Å². The van der Waals surface area contributed by atoms with E-state index in [1.807, 2.05) is 42.6 Å². The van der Waals surface area contributed by atoms with Crippen molar-refractivity contribution in [3.63, 3.8) is 0 Å². The van der Waals surface area contributed by atoms with Crippen LogP contribution in [0.25, 0.3) is 0 Å². The summed E-state index contributed by atoms with van der Waals surface area (Å²) in [6.45, 7) is 5.35. The van der Waals surface area contributed by atoms with Crippen LogP contribution in [-0.4, -0.2) is 59.4 Å². The Morgan fingerprint density at radius 3 is 2.54 bits per heavy atom. The first-order valence-electron chi connectivity index (χ1n) is 8.61. The van der Waals surface area contributed by atoms with Crippen molar-refractivity contribution in [1.82, 2.24) is 20.1 Å². The summed E-state index contributed by atoms with van der Waals surface area (Å²) in [6, 6.07) is 9.71. The molecule has 2 aromatic rings. The number of piperazine rings is 1. The molecule has 138 valence electrons. The van der Waals surface area contributed by atoms with Gasteiger partial charge in [-0.15, -0.1) is 11.3 Å². The number of urea groups is 1. The van der Waals surface area contributed by atoms with E-state index in [1.165, 1.54) is 11.3 Å². The Kier molecular flexibility index (Phi) is 6.19. The summed E-state index contributed by atoms with van der Waals surface area (Å²) < 4.78 is 0. The zero-order valence-electron chi connectivity index (χ0n) is 14.8. The van der Waals surface area contributed by atoms with Crippen molar-refractivity contribution in [1.29, 1.82) is 0 Å². The number of carbonyl (C=O) groups excluding carboxylic acids is 2. The van der Waals surface area contributed by atoms with Gasteiger partial charge in [0.15, 0.2) is 5.13 Å². The number of nitrogens with one attached hydrogen (secondary N) is 2. The highest BCUT2D eigenvalue weighted by Crippen LogP contribution is 2.15. The summed E-state index contributed by atoms with van der Waals surface area (Å²) in [5, 5.41) is 8.28. The van der Waals surface area contributed by atoms with Crippen molar-refractivity contribution in [3.05, 3.63) is 47.0 Å². The molecular formula is C18H23N5O2S. The molecule has 7 nitrogen and oxygen atoms in total. The molecule has 1 aliphatic rings. The lowest BCUT2D eigenvalue weighted by atomic mass is 10.2. The van der Waals surface area contributed by atoms with Gasteiger partial charge in [0.05, 0.1) is 12.2 Å². The van der Waals surface area contributed by atoms with E-state index in [1.54, 1.807) is 4.90 Å². The van der Waals surface area contributed by atoms with Crippen molar-refractivity contribution in [2.45, 2.75) is 13.5 Å². The van der Waals surface area contributed by atoms with Gasteiger partial charge in [0.25, 0.3) is 0 Å². The molecule has 0 atom stereocenters. The van der Waals surface area contributed by atoms with E-state index in [9.17, 15) is 9.59 Å². The maximum absolute atomic E-state index is 12.2. The Morgan fingerprint density at radius 2 is 1.88 bits per heavy atom. The molecule has 1 aliphatic heterocycles. The minimum absolute atomic E-state index is 0.00464. The van der Waals surface area contributed by atoms with E-state index in [4.69, 9.17) is 0 Å². The third-order valence-electron chi connectivity index (χ3n) is 4.19.